The average molecular weight is 274 g/mol. The maximum atomic E-state index is 12.9. The van der Waals surface area contributed by atoms with E-state index in [2.05, 4.69) is 12.2 Å². The first-order chi connectivity index (χ1) is 8.65. The van der Waals surface area contributed by atoms with Gasteiger partial charge in [0.05, 0.1) is 0 Å². The number of hydrogen-bond acceptors (Lipinski definition) is 2. The molecular weight excluding hydrogens is 253 g/mol. The molecule has 1 aromatic carbocycles. The number of halogens is 2. The molecule has 0 aromatic heterocycles. The van der Waals surface area contributed by atoms with E-state index >= 15 is 0 Å². The lowest BCUT2D eigenvalue weighted by Gasteiger charge is -2.15. The van der Waals surface area contributed by atoms with E-state index < -0.39 is 0 Å². The summed E-state index contributed by atoms with van der Waals surface area (Å²) in [5.41, 5.74) is 0.924. The summed E-state index contributed by atoms with van der Waals surface area (Å²) in [6, 6.07) is 4.62. The van der Waals surface area contributed by atoms with Gasteiger partial charge in [-0.3, -0.25) is 0 Å². The first-order valence-electron chi connectivity index (χ1n) is 6.41. The highest BCUT2D eigenvalue weighted by Gasteiger charge is 2.09. The van der Waals surface area contributed by atoms with Gasteiger partial charge in [0.15, 0.2) is 0 Å². The number of rotatable bonds is 8. The summed E-state index contributed by atoms with van der Waals surface area (Å²) in [4.78, 5) is 0. The smallest absolute Gasteiger partial charge is 0.124 e. The van der Waals surface area contributed by atoms with Crippen molar-refractivity contribution in [2.75, 3.05) is 19.8 Å². The summed E-state index contributed by atoms with van der Waals surface area (Å²) in [5.74, 6) is -0.302. The van der Waals surface area contributed by atoms with Crippen LogP contribution in [0.4, 0.5) is 4.39 Å². The molecule has 18 heavy (non-hydrogen) atoms. The SMILES string of the molecule is CCCOCCCNC(C)c1ccc(F)cc1Cl. The van der Waals surface area contributed by atoms with Crippen LogP contribution in [-0.4, -0.2) is 19.8 Å². The molecule has 0 saturated heterocycles. The Hall–Kier alpha value is -0.640. The van der Waals surface area contributed by atoms with Crippen molar-refractivity contribution in [3.05, 3.63) is 34.6 Å². The molecule has 0 amide bonds. The second kappa shape index (κ2) is 8.46. The zero-order valence-corrected chi connectivity index (χ0v) is 11.8. The Morgan fingerprint density at radius 1 is 1.39 bits per heavy atom. The topological polar surface area (TPSA) is 21.3 Å². The van der Waals surface area contributed by atoms with Crippen LogP contribution in [0.3, 0.4) is 0 Å². The van der Waals surface area contributed by atoms with Gasteiger partial charge in [0.2, 0.25) is 0 Å². The van der Waals surface area contributed by atoms with Gasteiger partial charge in [0.25, 0.3) is 0 Å². The van der Waals surface area contributed by atoms with E-state index in [4.69, 9.17) is 16.3 Å². The van der Waals surface area contributed by atoms with Gasteiger partial charge in [-0.15, -0.1) is 0 Å². The predicted molar refractivity (Wildman–Crippen MR) is 73.6 cm³/mol. The molecule has 4 heteroatoms. The Balaban J connectivity index is 2.29. The van der Waals surface area contributed by atoms with Crippen LogP contribution in [-0.2, 0) is 4.74 Å². The summed E-state index contributed by atoms with van der Waals surface area (Å²) in [7, 11) is 0. The van der Waals surface area contributed by atoms with Gasteiger partial charge < -0.3 is 10.1 Å². The molecule has 2 nitrogen and oxygen atoms in total. The number of benzene rings is 1. The molecule has 1 unspecified atom stereocenters. The molecule has 0 heterocycles. The lowest BCUT2D eigenvalue weighted by atomic mass is 10.1. The predicted octanol–water partition coefficient (Wildman–Crippen LogP) is 3.95. The fourth-order valence-electron chi connectivity index (χ4n) is 1.70. The third-order valence-electron chi connectivity index (χ3n) is 2.69. The summed E-state index contributed by atoms with van der Waals surface area (Å²) < 4.78 is 18.3. The highest BCUT2D eigenvalue weighted by atomic mass is 35.5. The number of ether oxygens (including phenoxy) is 1. The van der Waals surface area contributed by atoms with Gasteiger partial charge in [-0.05, 0) is 44.0 Å². The minimum absolute atomic E-state index is 0.115. The van der Waals surface area contributed by atoms with Crippen molar-refractivity contribution in [1.82, 2.24) is 5.32 Å². The van der Waals surface area contributed by atoms with Crippen LogP contribution >= 0.6 is 11.6 Å². The van der Waals surface area contributed by atoms with E-state index in [1.165, 1.54) is 12.1 Å². The second-order valence-corrected chi connectivity index (χ2v) is 4.71. The minimum Gasteiger partial charge on any atom is -0.381 e. The molecule has 0 aliphatic rings. The molecule has 1 atom stereocenters. The van der Waals surface area contributed by atoms with Gasteiger partial charge >= 0.3 is 0 Å². The molecule has 0 aliphatic heterocycles. The Morgan fingerprint density at radius 2 is 2.17 bits per heavy atom. The normalized spacial score (nSPS) is 12.7. The van der Waals surface area contributed by atoms with Crippen molar-refractivity contribution in [3.8, 4) is 0 Å². The highest BCUT2D eigenvalue weighted by Crippen LogP contribution is 2.23. The summed E-state index contributed by atoms with van der Waals surface area (Å²) in [6.07, 6.45) is 2.01. The summed E-state index contributed by atoms with van der Waals surface area (Å²) >= 11 is 6.00. The summed E-state index contributed by atoms with van der Waals surface area (Å²) in [5, 5.41) is 3.82. The van der Waals surface area contributed by atoms with Crippen LogP contribution in [0.25, 0.3) is 0 Å². The van der Waals surface area contributed by atoms with E-state index in [0.29, 0.717) is 5.02 Å². The fourth-order valence-corrected chi connectivity index (χ4v) is 2.03. The standard InChI is InChI=1S/C14H21ClFNO/c1-3-8-18-9-4-7-17-11(2)13-6-5-12(16)10-14(13)15/h5-6,10-11,17H,3-4,7-9H2,1-2H3. The Morgan fingerprint density at radius 3 is 2.83 bits per heavy atom. The lowest BCUT2D eigenvalue weighted by molar-refractivity contribution is 0.132. The highest BCUT2D eigenvalue weighted by molar-refractivity contribution is 6.31. The second-order valence-electron chi connectivity index (χ2n) is 4.31. The van der Waals surface area contributed by atoms with Crippen molar-refractivity contribution >= 4 is 11.6 Å². The molecule has 102 valence electrons. The molecule has 0 bridgehead atoms. The largest absolute Gasteiger partial charge is 0.381 e. The first-order valence-corrected chi connectivity index (χ1v) is 6.79. The molecule has 1 rings (SSSR count). The van der Waals surface area contributed by atoms with E-state index in [1.807, 2.05) is 6.92 Å². The van der Waals surface area contributed by atoms with Gasteiger partial charge in [-0.2, -0.15) is 0 Å². The van der Waals surface area contributed by atoms with Gasteiger partial charge in [-0.25, -0.2) is 4.39 Å². The molecule has 1 N–H and O–H groups in total. The molecule has 0 aliphatic carbocycles. The van der Waals surface area contributed by atoms with Crippen LogP contribution in [0.2, 0.25) is 5.02 Å². The van der Waals surface area contributed by atoms with Crippen molar-refractivity contribution in [2.24, 2.45) is 0 Å². The van der Waals surface area contributed by atoms with Crippen LogP contribution in [0.15, 0.2) is 18.2 Å². The van der Waals surface area contributed by atoms with E-state index in [0.717, 1.165) is 38.2 Å². The van der Waals surface area contributed by atoms with Crippen molar-refractivity contribution in [1.29, 1.82) is 0 Å². The quantitative estimate of drug-likeness (QED) is 0.724. The Bertz CT molecular complexity index is 360. The summed E-state index contributed by atoms with van der Waals surface area (Å²) in [6.45, 7) is 6.56. The van der Waals surface area contributed by atoms with E-state index in [9.17, 15) is 4.39 Å². The Labute approximate surface area is 113 Å². The van der Waals surface area contributed by atoms with E-state index in [1.54, 1.807) is 6.07 Å². The van der Waals surface area contributed by atoms with Gasteiger partial charge in [0, 0.05) is 24.3 Å². The van der Waals surface area contributed by atoms with Gasteiger partial charge in [-0.1, -0.05) is 24.6 Å². The molecule has 0 fully saturated rings. The van der Waals surface area contributed by atoms with Crippen molar-refractivity contribution in [3.63, 3.8) is 0 Å². The average Bonchev–Trinajstić information content (AvgIpc) is 2.33. The number of nitrogens with one attached hydrogen (secondary N) is 1. The molecule has 0 spiro atoms. The Kier molecular flexibility index (Phi) is 7.25. The fraction of sp³-hybridized carbons (Fsp3) is 0.571. The molecule has 1 aromatic rings. The maximum Gasteiger partial charge on any atom is 0.124 e. The first kappa shape index (κ1) is 15.4. The van der Waals surface area contributed by atoms with Crippen LogP contribution < -0.4 is 5.32 Å². The monoisotopic (exact) mass is 273 g/mol. The minimum atomic E-state index is -0.302. The van der Waals surface area contributed by atoms with Crippen LogP contribution in [0, 0.1) is 5.82 Å². The van der Waals surface area contributed by atoms with Crippen molar-refractivity contribution in [2.45, 2.75) is 32.7 Å². The third kappa shape index (κ3) is 5.34. The molecule has 0 saturated carbocycles. The van der Waals surface area contributed by atoms with E-state index in [-0.39, 0.29) is 11.9 Å². The molecule has 0 radical (unpaired) electrons. The molecular formula is C14H21ClFNO. The van der Waals surface area contributed by atoms with Crippen LogP contribution in [0.5, 0.6) is 0 Å². The van der Waals surface area contributed by atoms with Crippen molar-refractivity contribution < 1.29 is 9.13 Å². The van der Waals surface area contributed by atoms with Gasteiger partial charge in [0.1, 0.15) is 5.82 Å². The zero-order chi connectivity index (χ0) is 13.4. The lowest BCUT2D eigenvalue weighted by Crippen LogP contribution is -2.21. The van der Waals surface area contributed by atoms with Crippen LogP contribution in [0.1, 0.15) is 38.3 Å². The maximum absolute atomic E-state index is 12.9. The zero-order valence-electron chi connectivity index (χ0n) is 11.0. The third-order valence-corrected chi connectivity index (χ3v) is 3.02. The number of hydrogen-bond donors (Lipinski definition) is 1.